The summed E-state index contributed by atoms with van der Waals surface area (Å²) in [6, 6.07) is 13.6. The van der Waals surface area contributed by atoms with Crippen LogP contribution in [0.15, 0.2) is 58.5 Å². The van der Waals surface area contributed by atoms with Gasteiger partial charge in [0.2, 0.25) is 0 Å². The van der Waals surface area contributed by atoms with Gasteiger partial charge in [-0.1, -0.05) is 35.5 Å². The zero-order chi connectivity index (χ0) is 17.3. The van der Waals surface area contributed by atoms with Gasteiger partial charge in [-0.25, -0.2) is 9.66 Å². The molecule has 0 radical (unpaired) electrons. The zero-order valence-corrected chi connectivity index (χ0v) is 14.3. The number of Topliss-reactive ketones (excluding diaryl/α,β-unsaturated/α-hetero) is 1. The van der Waals surface area contributed by atoms with Crippen LogP contribution < -0.4 is 11.4 Å². The van der Waals surface area contributed by atoms with Crippen LogP contribution in [0.4, 0.5) is 0 Å². The number of hydrogen-bond acceptors (Lipinski definition) is 5. The maximum atomic E-state index is 12.5. The highest BCUT2D eigenvalue weighted by Gasteiger charge is 2.20. The lowest BCUT2D eigenvalue weighted by atomic mass is 10.1. The van der Waals surface area contributed by atoms with Crippen molar-refractivity contribution >= 4 is 40.0 Å². The standard InChI is InChI=1S/C17H14ClN3O2S/c1-10(15(22)11-6-8-12(18)9-7-11)24-17-20-14-5-3-2-4-13(14)16(23)21(17)19/h2-10H,19H2,1H3/t10-/m0/s1. The highest BCUT2D eigenvalue weighted by atomic mass is 35.5. The van der Waals surface area contributed by atoms with Crippen LogP contribution in [0.3, 0.4) is 0 Å². The first-order chi connectivity index (χ1) is 11.5. The lowest BCUT2D eigenvalue weighted by molar-refractivity contribution is 0.0994. The molecule has 1 atom stereocenters. The average Bonchev–Trinajstić information content (AvgIpc) is 2.59. The number of aromatic nitrogens is 2. The van der Waals surface area contributed by atoms with Gasteiger partial charge in [0.05, 0.1) is 16.2 Å². The monoisotopic (exact) mass is 359 g/mol. The minimum atomic E-state index is -0.450. The highest BCUT2D eigenvalue weighted by molar-refractivity contribution is 8.00. The number of carbonyl (C=O) groups is 1. The quantitative estimate of drug-likeness (QED) is 0.335. The molecule has 1 heterocycles. The van der Waals surface area contributed by atoms with Crippen molar-refractivity contribution in [2.75, 3.05) is 5.84 Å². The van der Waals surface area contributed by atoms with E-state index in [1.165, 1.54) is 0 Å². The summed E-state index contributed by atoms with van der Waals surface area (Å²) in [6.45, 7) is 1.75. The summed E-state index contributed by atoms with van der Waals surface area (Å²) in [4.78, 5) is 29.2. The van der Waals surface area contributed by atoms with E-state index in [1.54, 1.807) is 55.5 Å². The molecule has 0 aliphatic rings. The summed E-state index contributed by atoms with van der Waals surface area (Å²) in [5.41, 5.74) is 0.762. The second-order valence-electron chi connectivity index (χ2n) is 5.22. The molecule has 0 unspecified atom stereocenters. The first-order valence-corrected chi connectivity index (χ1v) is 8.46. The molecule has 24 heavy (non-hydrogen) atoms. The molecule has 0 fully saturated rings. The van der Waals surface area contributed by atoms with Crippen LogP contribution in [0.1, 0.15) is 17.3 Å². The number of fused-ring (bicyclic) bond motifs is 1. The largest absolute Gasteiger partial charge is 0.334 e. The summed E-state index contributed by atoms with van der Waals surface area (Å²) >= 11 is 6.99. The molecule has 122 valence electrons. The number of nitrogens with zero attached hydrogens (tertiary/aromatic N) is 2. The van der Waals surface area contributed by atoms with Crippen LogP contribution in [-0.4, -0.2) is 20.7 Å². The van der Waals surface area contributed by atoms with Gasteiger partial charge >= 0.3 is 0 Å². The van der Waals surface area contributed by atoms with E-state index in [0.717, 1.165) is 16.4 Å². The fraction of sp³-hybridized carbons (Fsp3) is 0.118. The third-order valence-corrected chi connectivity index (χ3v) is 4.87. The normalized spacial score (nSPS) is 12.2. The van der Waals surface area contributed by atoms with Gasteiger partial charge in [-0.15, -0.1) is 0 Å². The minimum absolute atomic E-state index is 0.0842. The summed E-state index contributed by atoms with van der Waals surface area (Å²) in [6.07, 6.45) is 0. The van der Waals surface area contributed by atoms with Crippen LogP contribution >= 0.6 is 23.4 Å². The lowest BCUT2D eigenvalue weighted by Crippen LogP contribution is -2.30. The second kappa shape index (κ2) is 6.67. The smallest absolute Gasteiger partial charge is 0.280 e. The Labute approximate surface area is 147 Å². The van der Waals surface area contributed by atoms with E-state index in [1.807, 2.05) is 0 Å². The van der Waals surface area contributed by atoms with Crippen molar-refractivity contribution in [3.05, 3.63) is 69.5 Å². The van der Waals surface area contributed by atoms with Crippen molar-refractivity contribution in [1.29, 1.82) is 0 Å². The van der Waals surface area contributed by atoms with Gasteiger partial charge in [-0.05, 0) is 43.3 Å². The van der Waals surface area contributed by atoms with Crippen molar-refractivity contribution in [3.8, 4) is 0 Å². The number of rotatable bonds is 4. The number of thioether (sulfide) groups is 1. The highest BCUT2D eigenvalue weighted by Crippen LogP contribution is 2.24. The Balaban J connectivity index is 1.91. The molecule has 3 aromatic rings. The second-order valence-corrected chi connectivity index (χ2v) is 6.96. The van der Waals surface area contributed by atoms with Crippen LogP contribution in [0.25, 0.3) is 10.9 Å². The molecule has 0 aliphatic heterocycles. The Morgan fingerprint density at radius 2 is 1.88 bits per heavy atom. The molecule has 7 heteroatoms. The number of nitrogen functional groups attached to an aromatic ring is 1. The predicted molar refractivity (Wildman–Crippen MR) is 97.3 cm³/mol. The third-order valence-electron chi connectivity index (χ3n) is 3.56. The minimum Gasteiger partial charge on any atom is -0.334 e. The molecular formula is C17H14ClN3O2S. The molecule has 0 bridgehead atoms. The Kier molecular flexibility index (Phi) is 4.59. The van der Waals surface area contributed by atoms with Gasteiger partial charge in [0.25, 0.3) is 5.56 Å². The summed E-state index contributed by atoms with van der Waals surface area (Å²) < 4.78 is 0.985. The van der Waals surface area contributed by atoms with Crippen molar-refractivity contribution in [1.82, 2.24) is 9.66 Å². The van der Waals surface area contributed by atoms with Crippen molar-refractivity contribution in [2.45, 2.75) is 17.3 Å². The van der Waals surface area contributed by atoms with Crippen LogP contribution in [-0.2, 0) is 0 Å². The van der Waals surface area contributed by atoms with E-state index in [2.05, 4.69) is 4.98 Å². The van der Waals surface area contributed by atoms with E-state index >= 15 is 0 Å². The first kappa shape index (κ1) is 16.5. The molecular weight excluding hydrogens is 346 g/mol. The maximum Gasteiger partial charge on any atom is 0.280 e. The van der Waals surface area contributed by atoms with Crippen LogP contribution in [0, 0.1) is 0 Å². The van der Waals surface area contributed by atoms with Crippen molar-refractivity contribution < 1.29 is 4.79 Å². The first-order valence-electron chi connectivity index (χ1n) is 7.20. The Hall–Kier alpha value is -2.31. The van der Waals surface area contributed by atoms with Crippen molar-refractivity contribution in [3.63, 3.8) is 0 Å². The molecule has 0 saturated heterocycles. The van der Waals surface area contributed by atoms with E-state index in [0.29, 0.717) is 26.6 Å². The predicted octanol–water partition coefficient (Wildman–Crippen LogP) is 3.13. The molecule has 0 saturated carbocycles. The lowest BCUT2D eigenvalue weighted by Gasteiger charge is -2.13. The Morgan fingerprint density at radius 3 is 2.58 bits per heavy atom. The van der Waals surface area contributed by atoms with E-state index in [4.69, 9.17) is 17.4 Å². The summed E-state index contributed by atoms with van der Waals surface area (Å²) in [5, 5.41) is 0.863. The van der Waals surface area contributed by atoms with Gasteiger partial charge < -0.3 is 5.84 Å². The van der Waals surface area contributed by atoms with Crippen LogP contribution in [0.2, 0.25) is 5.02 Å². The van der Waals surface area contributed by atoms with E-state index in [-0.39, 0.29) is 11.3 Å². The average molecular weight is 360 g/mol. The molecule has 5 nitrogen and oxygen atoms in total. The van der Waals surface area contributed by atoms with Gasteiger partial charge in [0.1, 0.15) is 0 Å². The number of para-hydroxylation sites is 1. The Morgan fingerprint density at radius 1 is 1.21 bits per heavy atom. The zero-order valence-electron chi connectivity index (χ0n) is 12.8. The van der Waals surface area contributed by atoms with Gasteiger partial charge in [-0.3, -0.25) is 9.59 Å². The summed E-state index contributed by atoms with van der Waals surface area (Å²) in [7, 11) is 0. The number of ketones is 1. The van der Waals surface area contributed by atoms with Crippen molar-refractivity contribution in [2.24, 2.45) is 0 Å². The molecule has 0 spiro atoms. The molecule has 2 N–H and O–H groups in total. The number of nitrogens with two attached hydrogens (primary N) is 1. The number of carbonyl (C=O) groups excluding carboxylic acids is 1. The fourth-order valence-corrected chi connectivity index (χ4v) is 3.30. The van der Waals surface area contributed by atoms with E-state index in [9.17, 15) is 9.59 Å². The topological polar surface area (TPSA) is 78.0 Å². The molecule has 2 aromatic carbocycles. The SMILES string of the molecule is C[C@H](Sc1nc2ccccc2c(=O)n1N)C(=O)c1ccc(Cl)cc1. The fourth-order valence-electron chi connectivity index (χ4n) is 2.27. The van der Waals surface area contributed by atoms with Gasteiger partial charge in [0.15, 0.2) is 10.9 Å². The maximum absolute atomic E-state index is 12.5. The molecule has 3 rings (SSSR count). The number of halogens is 1. The molecule has 1 aromatic heterocycles. The van der Waals surface area contributed by atoms with Gasteiger partial charge in [-0.2, -0.15) is 0 Å². The third kappa shape index (κ3) is 3.16. The molecule has 0 amide bonds. The Bertz CT molecular complexity index is 970. The summed E-state index contributed by atoms with van der Waals surface area (Å²) in [5.74, 6) is 5.76. The number of benzene rings is 2. The van der Waals surface area contributed by atoms with Gasteiger partial charge in [0, 0.05) is 10.6 Å². The van der Waals surface area contributed by atoms with Crippen LogP contribution in [0.5, 0.6) is 0 Å². The number of hydrogen-bond donors (Lipinski definition) is 1. The van der Waals surface area contributed by atoms with E-state index < -0.39 is 5.25 Å². The molecule has 0 aliphatic carbocycles.